The average Bonchev–Trinajstić information content (AvgIpc) is 3.61. The van der Waals surface area contributed by atoms with Gasteiger partial charge in [0.15, 0.2) is 0 Å². The lowest BCUT2D eigenvalue weighted by Crippen LogP contribution is -2.43. The number of aryl methyl sites for hydroxylation is 1. The van der Waals surface area contributed by atoms with Gasteiger partial charge in [0.25, 0.3) is 0 Å². The fraction of sp³-hybridized carbons (Fsp3) is 0.265. The van der Waals surface area contributed by atoms with Crippen molar-refractivity contribution in [1.29, 1.82) is 0 Å². The van der Waals surface area contributed by atoms with E-state index in [1.54, 1.807) is 66.9 Å². The van der Waals surface area contributed by atoms with Crippen LogP contribution in [0.25, 0.3) is 0 Å². The molecule has 2 amide bonds. The van der Waals surface area contributed by atoms with E-state index in [9.17, 15) is 22.4 Å². The number of hydrogen-bond donors (Lipinski definition) is 1. The van der Waals surface area contributed by atoms with Gasteiger partial charge in [-0.3, -0.25) is 14.6 Å². The Morgan fingerprint density at radius 2 is 1.52 bits per heavy atom. The van der Waals surface area contributed by atoms with Crippen LogP contribution in [0.2, 0.25) is 0 Å². The van der Waals surface area contributed by atoms with Gasteiger partial charge in [-0.05, 0) is 72.4 Å². The highest BCUT2D eigenvalue weighted by atomic mass is 32.2. The minimum Gasteiger partial charge on any atom is -0.348 e. The smallest absolute Gasteiger partial charge is 0.247 e. The fourth-order valence-corrected chi connectivity index (χ4v) is 6.81. The molecule has 5 rings (SSSR count). The van der Waals surface area contributed by atoms with Gasteiger partial charge in [-0.25, -0.2) is 12.8 Å². The number of amides is 2. The summed E-state index contributed by atoms with van der Waals surface area (Å²) in [7, 11) is -3.53. The number of rotatable bonds is 12. The molecule has 1 atom stereocenters. The van der Waals surface area contributed by atoms with Crippen molar-refractivity contribution < 1.29 is 22.4 Å². The van der Waals surface area contributed by atoms with Crippen LogP contribution in [0.4, 0.5) is 4.39 Å². The highest BCUT2D eigenvalue weighted by Crippen LogP contribution is 2.26. The quantitative estimate of drug-likeness (QED) is 0.242. The molecule has 3 aromatic carbocycles. The first-order valence-corrected chi connectivity index (χ1v) is 16.1. The van der Waals surface area contributed by atoms with Crippen LogP contribution in [0, 0.1) is 5.82 Å². The van der Waals surface area contributed by atoms with Gasteiger partial charge in [0.1, 0.15) is 11.9 Å². The van der Waals surface area contributed by atoms with Crippen molar-refractivity contribution in [3.05, 3.63) is 131 Å². The van der Waals surface area contributed by atoms with Gasteiger partial charge >= 0.3 is 0 Å². The first kappa shape index (κ1) is 31.0. The number of nitrogens with zero attached hydrogens (tertiary/aromatic N) is 3. The normalized spacial score (nSPS) is 14.2. The molecule has 1 fully saturated rings. The monoisotopic (exact) mass is 614 g/mol. The summed E-state index contributed by atoms with van der Waals surface area (Å²) < 4.78 is 41.0. The summed E-state index contributed by atoms with van der Waals surface area (Å²) in [5.74, 6) is -1.03. The number of halogens is 1. The number of hydrogen-bond acceptors (Lipinski definition) is 5. The molecule has 8 nitrogen and oxygen atoms in total. The zero-order valence-corrected chi connectivity index (χ0v) is 25.1. The van der Waals surface area contributed by atoms with Gasteiger partial charge in [-0.15, -0.1) is 0 Å². The van der Waals surface area contributed by atoms with Crippen LogP contribution in [0.3, 0.4) is 0 Å². The Balaban J connectivity index is 1.37. The first-order valence-electron chi connectivity index (χ1n) is 14.7. The summed E-state index contributed by atoms with van der Waals surface area (Å²) in [4.78, 5) is 33.7. The topological polar surface area (TPSA) is 99.7 Å². The molecule has 1 N–H and O–H groups in total. The minimum absolute atomic E-state index is 0.0796. The largest absolute Gasteiger partial charge is 0.348 e. The molecule has 0 spiro atoms. The van der Waals surface area contributed by atoms with E-state index in [2.05, 4.69) is 10.3 Å². The summed E-state index contributed by atoms with van der Waals surface area (Å²) in [5.41, 5.74) is 2.79. The molecule has 228 valence electrons. The zero-order valence-electron chi connectivity index (χ0n) is 24.3. The molecule has 0 aliphatic carbocycles. The summed E-state index contributed by atoms with van der Waals surface area (Å²) >= 11 is 0. The highest BCUT2D eigenvalue weighted by molar-refractivity contribution is 7.89. The minimum atomic E-state index is -3.53. The van der Waals surface area contributed by atoms with E-state index in [1.165, 1.54) is 21.3 Å². The second-order valence-electron chi connectivity index (χ2n) is 10.8. The van der Waals surface area contributed by atoms with Crippen LogP contribution < -0.4 is 5.32 Å². The molecule has 0 unspecified atom stereocenters. The van der Waals surface area contributed by atoms with Crippen LogP contribution in [-0.4, -0.2) is 47.5 Å². The van der Waals surface area contributed by atoms with E-state index < -0.39 is 21.9 Å². The van der Waals surface area contributed by atoms with Gasteiger partial charge in [-0.2, -0.15) is 4.31 Å². The summed E-state index contributed by atoms with van der Waals surface area (Å²) in [5, 5.41) is 2.93. The maximum absolute atomic E-state index is 13.9. The lowest BCUT2D eigenvalue weighted by Gasteiger charge is -2.32. The number of sulfonamides is 1. The number of aromatic nitrogens is 1. The number of carbonyl (C=O) groups excluding carboxylic acids is 2. The lowest BCUT2D eigenvalue weighted by atomic mass is 10.0. The molecule has 1 aliphatic rings. The molecule has 1 saturated heterocycles. The third-order valence-corrected chi connectivity index (χ3v) is 9.60. The van der Waals surface area contributed by atoms with E-state index in [4.69, 9.17) is 0 Å². The van der Waals surface area contributed by atoms with Crippen molar-refractivity contribution >= 4 is 21.8 Å². The molecular formula is C34H35FN4O4S. The molecule has 0 radical (unpaired) electrons. The standard InChI is InChI=1S/C34H35FN4O4S/c35-29-16-11-27(12-17-29)25-39(33(28-8-2-1-3-9-28)34(41)37-24-30-10-4-5-21-36-30)32(40)20-15-26-13-18-31(19-14-26)44(42,43)38-22-6-7-23-38/h1-5,8-14,16-19,21,33H,6-7,15,20,22-25H2,(H,37,41)/t33-/m0/s1. The molecule has 4 aromatic rings. The fourth-order valence-electron chi connectivity index (χ4n) is 5.30. The van der Waals surface area contributed by atoms with Crippen LogP contribution in [0.15, 0.2) is 108 Å². The van der Waals surface area contributed by atoms with E-state index >= 15 is 0 Å². The second kappa shape index (κ2) is 14.4. The third-order valence-electron chi connectivity index (χ3n) is 7.69. The summed E-state index contributed by atoms with van der Waals surface area (Å²) in [6.07, 6.45) is 3.79. The lowest BCUT2D eigenvalue weighted by molar-refractivity contribution is -0.141. The van der Waals surface area contributed by atoms with Crippen LogP contribution in [0.5, 0.6) is 0 Å². The molecule has 10 heteroatoms. The Morgan fingerprint density at radius 3 is 2.18 bits per heavy atom. The summed E-state index contributed by atoms with van der Waals surface area (Å²) in [6, 6.07) is 26.0. The van der Waals surface area contributed by atoms with Crippen LogP contribution in [-0.2, 0) is 39.1 Å². The van der Waals surface area contributed by atoms with E-state index in [0.717, 1.165) is 18.4 Å². The Labute approximate surface area is 257 Å². The van der Waals surface area contributed by atoms with E-state index in [-0.39, 0.29) is 36.2 Å². The number of carbonyl (C=O) groups is 2. The SMILES string of the molecule is O=C(NCc1ccccn1)[C@H](c1ccccc1)N(Cc1ccc(F)cc1)C(=O)CCc1ccc(S(=O)(=O)N2CCCC2)cc1. The highest BCUT2D eigenvalue weighted by Gasteiger charge is 2.32. The number of benzene rings is 3. The predicted octanol–water partition coefficient (Wildman–Crippen LogP) is 5.02. The molecule has 44 heavy (non-hydrogen) atoms. The van der Waals surface area contributed by atoms with Crippen molar-refractivity contribution in [1.82, 2.24) is 19.5 Å². The maximum Gasteiger partial charge on any atom is 0.247 e. The molecular weight excluding hydrogens is 579 g/mol. The van der Waals surface area contributed by atoms with Crippen molar-refractivity contribution in [2.45, 2.75) is 49.7 Å². The molecule has 1 aliphatic heterocycles. The number of pyridine rings is 1. The van der Waals surface area contributed by atoms with Crippen molar-refractivity contribution in [2.75, 3.05) is 13.1 Å². The zero-order chi connectivity index (χ0) is 30.9. The van der Waals surface area contributed by atoms with Crippen LogP contribution >= 0.6 is 0 Å². The van der Waals surface area contributed by atoms with Gasteiger partial charge in [0, 0.05) is 32.3 Å². The Hall–Kier alpha value is -4.41. The van der Waals surface area contributed by atoms with Gasteiger partial charge in [-0.1, -0.05) is 60.7 Å². The van der Waals surface area contributed by atoms with Crippen molar-refractivity contribution in [3.8, 4) is 0 Å². The second-order valence-corrected chi connectivity index (χ2v) is 12.7. The third kappa shape index (κ3) is 7.75. The molecule has 1 aromatic heterocycles. The van der Waals surface area contributed by atoms with Gasteiger partial charge in [0.2, 0.25) is 21.8 Å². The maximum atomic E-state index is 13.9. The Kier molecular flexibility index (Phi) is 10.1. The Bertz CT molecular complexity index is 1650. The van der Waals surface area contributed by atoms with Crippen LogP contribution in [0.1, 0.15) is 47.7 Å². The van der Waals surface area contributed by atoms with Crippen molar-refractivity contribution in [2.24, 2.45) is 0 Å². The number of nitrogens with one attached hydrogen (secondary N) is 1. The summed E-state index contributed by atoms with van der Waals surface area (Å²) in [6.45, 7) is 1.33. The van der Waals surface area contributed by atoms with Gasteiger partial charge < -0.3 is 10.2 Å². The van der Waals surface area contributed by atoms with Crippen molar-refractivity contribution in [3.63, 3.8) is 0 Å². The van der Waals surface area contributed by atoms with Gasteiger partial charge in [0.05, 0.1) is 17.1 Å². The molecule has 0 bridgehead atoms. The first-order chi connectivity index (χ1) is 21.3. The average molecular weight is 615 g/mol. The molecule has 2 heterocycles. The molecule has 0 saturated carbocycles. The Morgan fingerprint density at radius 1 is 0.864 bits per heavy atom. The van der Waals surface area contributed by atoms with E-state index in [0.29, 0.717) is 36.3 Å². The predicted molar refractivity (Wildman–Crippen MR) is 165 cm³/mol. The van der Waals surface area contributed by atoms with E-state index in [1.807, 2.05) is 24.3 Å².